The first-order chi connectivity index (χ1) is 6.86. The molecule has 0 saturated carbocycles. The molecular formula is C11H8N2O. The summed E-state index contributed by atoms with van der Waals surface area (Å²) in [5, 5.41) is 0. The molecule has 1 aliphatic rings. The zero-order valence-corrected chi connectivity index (χ0v) is 7.47. The molecule has 3 heteroatoms. The first-order valence-corrected chi connectivity index (χ1v) is 4.51. The minimum absolute atomic E-state index is 0.0331. The number of allylic oxidation sites excluding steroid dienone is 1. The Hall–Kier alpha value is -1.90. The predicted molar refractivity (Wildman–Crippen MR) is 55.0 cm³/mol. The summed E-state index contributed by atoms with van der Waals surface area (Å²) < 4.78 is 1.75. The van der Waals surface area contributed by atoms with E-state index in [2.05, 4.69) is 4.98 Å². The second-order valence-corrected chi connectivity index (χ2v) is 3.32. The normalized spacial score (nSPS) is 13.4. The average molecular weight is 184 g/mol. The number of hydrogen-bond donors (Lipinski definition) is 0. The van der Waals surface area contributed by atoms with Crippen LogP contribution < -0.4 is 5.56 Å². The van der Waals surface area contributed by atoms with Gasteiger partial charge in [-0.2, -0.15) is 0 Å². The summed E-state index contributed by atoms with van der Waals surface area (Å²) in [6.07, 6.45) is 5.40. The molecule has 0 N–H and O–H groups in total. The number of aromatic nitrogens is 2. The number of nitrogens with zero attached hydrogens (tertiary/aromatic N) is 2. The van der Waals surface area contributed by atoms with Gasteiger partial charge in [0.1, 0.15) is 0 Å². The number of hydrogen-bond acceptors (Lipinski definition) is 2. The topological polar surface area (TPSA) is 34.9 Å². The van der Waals surface area contributed by atoms with E-state index in [1.165, 1.54) is 6.20 Å². The third-order valence-corrected chi connectivity index (χ3v) is 2.48. The van der Waals surface area contributed by atoms with E-state index in [0.29, 0.717) is 6.54 Å². The molecule has 3 nitrogen and oxygen atoms in total. The Morgan fingerprint density at radius 3 is 3.21 bits per heavy atom. The van der Waals surface area contributed by atoms with Gasteiger partial charge in [0.25, 0.3) is 5.56 Å². The predicted octanol–water partition coefficient (Wildman–Crippen LogP) is 1.42. The smallest absolute Gasteiger partial charge is 0.269 e. The van der Waals surface area contributed by atoms with E-state index in [4.69, 9.17) is 0 Å². The third kappa shape index (κ3) is 0.865. The molecule has 68 valence electrons. The highest BCUT2D eigenvalue weighted by Gasteiger charge is 2.08. The van der Waals surface area contributed by atoms with Crippen LogP contribution in [0.25, 0.3) is 17.1 Å². The Morgan fingerprint density at radius 2 is 2.29 bits per heavy atom. The summed E-state index contributed by atoms with van der Waals surface area (Å²) in [7, 11) is 0. The molecule has 0 saturated heterocycles. The lowest BCUT2D eigenvalue weighted by molar-refractivity contribution is 0.803. The Morgan fingerprint density at radius 1 is 1.36 bits per heavy atom. The van der Waals surface area contributed by atoms with Gasteiger partial charge in [-0.3, -0.25) is 4.79 Å². The molecule has 0 atom stereocenters. The molecule has 3 rings (SSSR count). The summed E-state index contributed by atoms with van der Waals surface area (Å²) in [6.45, 7) is 0.648. The van der Waals surface area contributed by atoms with Crippen LogP contribution >= 0.6 is 0 Å². The molecule has 0 aliphatic carbocycles. The first-order valence-electron chi connectivity index (χ1n) is 4.51. The van der Waals surface area contributed by atoms with Gasteiger partial charge in [-0.05, 0) is 6.07 Å². The van der Waals surface area contributed by atoms with Crippen molar-refractivity contribution in [2.45, 2.75) is 6.54 Å². The van der Waals surface area contributed by atoms with Crippen molar-refractivity contribution < 1.29 is 0 Å². The van der Waals surface area contributed by atoms with Crippen LogP contribution in [-0.4, -0.2) is 9.55 Å². The van der Waals surface area contributed by atoms with Gasteiger partial charge in [0.2, 0.25) is 0 Å². The molecule has 1 aliphatic heterocycles. The second kappa shape index (κ2) is 2.54. The number of para-hydroxylation sites is 1. The lowest BCUT2D eigenvalue weighted by atomic mass is 10.1. The summed E-state index contributed by atoms with van der Waals surface area (Å²) in [6, 6.07) is 5.87. The van der Waals surface area contributed by atoms with E-state index in [1.54, 1.807) is 4.57 Å². The summed E-state index contributed by atoms with van der Waals surface area (Å²) in [4.78, 5) is 15.6. The molecule has 14 heavy (non-hydrogen) atoms. The first kappa shape index (κ1) is 7.50. The van der Waals surface area contributed by atoms with Crippen molar-refractivity contribution in [1.82, 2.24) is 9.55 Å². The SMILES string of the molecule is O=c1cnc2cccc3c2n1CC=C3. The average Bonchev–Trinajstić information content (AvgIpc) is 2.24. The van der Waals surface area contributed by atoms with Gasteiger partial charge in [0.15, 0.2) is 0 Å². The Kier molecular flexibility index (Phi) is 1.36. The highest BCUT2D eigenvalue weighted by molar-refractivity contribution is 5.85. The maximum Gasteiger partial charge on any atom is 0.269 e. The largest absolute Gasteiger partial charge is 0.301 e. The van der Waals surface area contributed by atoms with Crippen molar-refractivity contribution in [2.24, 2.45) is 0 Å². The van der Waals surface area contributed by atoms with Crippen molar-refractivity contribution >= 4 is 17.1 Å². The number of benzene rings is 1. The maximum atomic E-state index is 11.5. The van der Waals surface area contributed by atoms with Gasteiger partial charge in [-0.1, -0.05) is 24.3 Å². The minimum Gasteiger partial charge on any atom is -0.301 e. The fraction of sp³-hybridized carbons (Fsp3) is 0.0909. The maximum absolute atomic E-state index is 11.5. The third-order valence-electron chi connectivity index (χ3n) is 2.48. The van der Waals surface area contributed by atoms with Gasteiger partial charge in [-0.25, -0.2) is 4.98 Å². The zero-order chi connectivity index (χ0) is 9.54. The van der Waals surface area contributed by atoms with Crippen LogP contribution in [0.3, 0.4) is 0 Å². The lowest BCUT2D eigenvalue weighted by Gasteiger charge is -2.13. The highest BCUT2D eigenvalue weighted by atomic mass is 16.1. The summed E-state index contributed by atoms with van der Waals surface area (Å²) in [5.41, 5.74) is 2.86. The molecule has 2 aromatic rings. The Balaban J connectivity index is 2.62. The van der Waals surface area contributed by atoms with Crippen LogP contribution in [0.15, 0.2) is 35.3 Å². The van der Waals surface area contributed by atoms with Crippen LogP contribution in [0.4, 0.5) is 0 Å². The number of rotatable bonds is 0. The van der Waals surface area contributed by atoms with E-state index >= 15 is 0 Å². The van der Waals surface area contributed by atoms with Crippen LogP contribution in [0.2, 0.25) is 0 Å². The fourth-order valence-electron chi connectivity index (χ4n) is 1.85. The van der Waals surface area contributed by atoms with E-state index in [0.717, 1.165) is 16.6 Å². The molecule has 2 heterocycles. The zero-order valence-electron chi connectivity index (χ0n) is 7.47. The highest BCUT2D eigenvalue weighted by Crippen LogP contribution is 2.19. The Labute approximate surface area is 80.3 Å². The minimum atomic E-state index is -0.0331. The van der Waals surface area contributed by atoms with Gasteiger partial charge in [-0.15, -0.1) is 0 Å². The van der Waals surface area contributed by atoms with E-state index < -0.39 is 0 Å². The molecule has 1 aromatic heterocycles. The van der Waals surface area contributed by atoms with Gasteiger partial charge in [0, 0.05) is 12.1 Å². The van der Waals surface area contributed by atoms with Crippen molar-refractivity contribution in [3.8, 4) is 0 Å². The van der Waals surface area contributed by atoms with Crippen LogP contribution in [0.1, 0.15) is 5.56 Å². The van der Waals surface area contributed by atoms with Crippen LogP contribution in [0.5, 0.6) is 0 Å². The molecule has 0 radical (unpaired) electrons. The monoisotopic (exact) mass is 184 g/mol. The second-order valence-electron chi connectivity index (χ2n) is 3.32. The van der Waals surface area contributed by atoms with Crippen molar-refractivity contribution in [1.29, 1.82) is 0 Å². The standard InChI is InChI=1S/C11H8N2O/c14-10-7-12-9-5-1-3-8-4-2-6-13(10)11(8)9/h1-5,7H,6H2. The summed E-state index contributed by atoms with van der Waals surface area (Å²) >= 11 is 0. The molecular weight excluding hydrogens is 176 g/mol. The van der Waals surface area contributed by atoms with Crippen molar-refractivity contribution in [3.63, 3.8) is 0 Å². The molecule has 1 aromatic carbocycles. The van der Waals surface area contributed by atoms with Crippen LogP contribution in [-0.2, 0) is 6.54 Å². The van der Waals surface area contributed by atoms with Gasteiger partial charge >= 0.3 is 0 Å². The molecule has 0 unspecified atom stereocenters. The van der Waals surface area contributed by atoms with Crippen LogP contribution in [0, 0.1) is 0 Å². The van der Waals surface area contributed by atoms with E-state index in [-0.39, 0.29) is 5.56 Å². The van der Waals surface area contributed by atoms with Gasteiger partial charge < -0.3 is 4.57 Å². The van der Waals surface area contributed by atoms with E-state index in [9.17, 15) is 4.79 Å². The van der Waals surface area contributed by atoms with Crippen molar-refractivity contribution in [3.05, 3.63) is 46.4 Å². The molecule has 0 fully saturated rings. The molecule has 0 amide bonds. The lowest BCUT2D eigenvalue weighted by Crippen LogP contribution is -2.21. The fourth-order valence-corrected chi connectivity index (χ4v) is 1.85. The van der Waals surface area contributed by atoms with Crippen molar-refractivity contribution in [2.75, 3.05) is 0 Å². The molecule has 0 spiro atoms. The van der Waals surface area contributed by atoms with Gasteiger partial charge in [0.05, 0.1) is 17.2 Å². The Bertz CT molecular complexity index is 596. The van der Waals surface area contributed by atoms with E-state index in [1.807, 2.05) is 30.4 Å². The molecule has 0 bridgehead atoms. The quantitative estimate of drug-likeness (QED) is 0.620. The summed E-state index contributed by atoms with van der Waals surface area (Å²) in [5.74, 6) is 0.